The van der Waals surface area contributed by atoms with E-state index in [4.69, 9.17) is 0 Å². The third-order valence-corrected chi connectivity index (χ3v) is 14.4. The summed E-state index contributed by atoms with van der Waals surface area (Å²) in [4.78, 5) is 3.52. The molecule has 0 unspecified atom stereocenters. The van der Waals surface area contributed by atoms with Gasteiger partial charge in [0, 0.05) is 39.5 Å². The van der Waals surface area contributed by atoms with Gasteiger partial charge in [-0.25, -0.2) is 0 Å². The van der Waals surface area contributed by atoms with Crippen LogP contribution in [-0.4, -0.2) is 24.7 Å². The lowest BCUT2D eigenvalue weighted by Gasteiger charge is -2.32. The lowest BCUT2D eigenvalue weighted by Crippen LogP contribution is -2.36. The van der Waals surface area contributed by atoms with Gasteiger partial charge in [0.1, 0.15) is 0 Å². The molecule has 7 rings (SSSR count). The van der Waals surface area contributed by atoms with Crippen molar-refractivity contribution in [1.82, 2.24) is 0 Å². The summed E-state index contributed by atoms with van der Waals surface area (Å²) in [5.41, 5.74) is -3.16. The van der Waals surface area contributed by atoms with Crippen molar-refractivity contribution in [2.24, 2.45) is 0 Å². The van der Waals surface area contributed by atoms with Gasteiger partial charge in [-0.05, 0) is 173 Å². The monoisotopic (exact) mass is 968 g/mol. The van der Waals surface area contributed by atoms with Crippen LogP contribution < -0.4 is 9.80 Å². The molecule has 0 bridgehead atoms. The van der Waals surface area contributed by atoms with Crippen molar-refractivity contribution in [3.05, 3.63) is 167 Å². The molecular formula is C55H52F12N2. The summed E-state index contributed by atoms with van der Waals surface area (Å²) in [5.74, 6) is 0. The number of nitrogens with zero attached hydrogens (tertiary/aromatic N) is 2. The Labute approximate surface area is 394 Å². The highest BCUT2D eigenvalue weighted by Crippen LogP contribution is 2.54. The van der Waals surface area contributed by atoms with Crippen LogP contribution in [-0.2, 0) is 27.1 Å². The number of alkyl halides is 12. The Morgan fingerprint density at radius 1 is 0.290 bits per heavy atom. The van der Waals surface area contributed by atoms with Crippen LogP contribution in [0.15, 0.2) is 133 Å². The standard InChI is InChI=1S/C55H52F12N2/c1-47(2)45-31-41(68(37-19-11-33(12-20-37)48(3,4)52(56,57)58)38-21-13-34(14-22-38)49(5,6)53(59,60)61)27-29-43(45)44-30-28-42(32-46(44)47)69(39-23-15-35(16-24-39)50(7,8)54(62,63)64)40-25-17-36(18-26-40)51(9,10)55(65,66)67/h11-32H,1-10H3. The van der Waals surface area contributed by atoms with Gasteiger partial charge in [-0.1, -0.05) is 74.5 Å². The van der Waals surface area contributed by atoms with Crippen molar-refractivity contribution in [3.8, 4) is 11.1 Å². The third kappa shape index (κ3) is 8.74. The molecule has 6 aromatic carbocycles. The summed E-state index contributed by atoms with van der Waals surface area (Å²) in [6.45, 7) is 12.6. The van der Waals surface area contributed by atoms with Crippen LogP contribution in [0.3, 0.4) is 0 Å². The van der Waals surface area contributed by atoms with Crippen molar-refractivity contribution in [1.29, 1.82) is 0 Å². The third-order valence-electron chi connectivity index (χ3n) is 14.4. The van der Waals surface area contributed by atoms with Gasteiger partial charge < -0.3 is 9.80 Å². The minimum Gasteiger partial charge on any atom is -0.310 e. The van der Waals surface area contributed by atoms with Crippen LogP contribution in [0.1, 0.15) is 103 Å². The molecule has 2 nitrogen and oxygen atoms in total. The summed E-state index contributed by atoms with van der Waals surface area (Å²) in [7, 11) is 0. The second kappa shape index (κ2) is 16.6. The van der Waals surface area contributed by atoms with Crippen molar-refractivity contribution in [2.45, 2.75) is 121 Å². The molecule has 0 N–H and O–H groups in total. The zero-order valence-corrected chi connectivity index (χ0v) is 39.6. The molecule has 366 valence electrons. The topological polar surface area (TPSA) is 6.48 Å². The van der Waals surface area contributed by atoms with E-state index in [0.717, 1.165) is 77.6 Å². The molecule has 0 aromatic heterocycles. The van der Waals surface area contributed by atoms with Crippen LogP contribution in [0.25, 0.3) is 11.1 Å². The minimum atomic E-state index is -4.55. The molecule has 0 saturated heterocycles. The van der Waals surface area contributed by atoms with E-state index in [-0.39, 0.29) is 22.3 Å². The Balaban J connectivity index is 1.34. The van der Waals surface area contributed by atoms with E-state index in [9.17, 15) is 52.7 Å². The molecule has 0 fully saturated rings. The summed E-state index contributed by atoms with van der Waals surface area (Å²) in [6.07, 6.45) is -18.2. The van der Waals surface area contributed by atoms with Gasteiger partial charge in [0.25, 0.3) is 0 Å². The smallest absolute Gasteiger partial charge is 0.310 e. The van der Waals surface area contributed by atoms with Gasteiger partial charge in [0.2, 0.25) is 0 Å². The van der Waals surface area contributed by atoms with Gasteiger partial charge in [-0.15, -0.1) is 0 Å². The van der Waals surface area contributed by atoms with Crippen molar-refractivity contribution < 1.29 is 52.7 Å². The number of rotatable bonds is 10. The van der Waals surface area contributed by atoms with Gasteiger partial charge in [-0.3, -0.25) is 0 Å². The first kappa shape index (κ1) is 50.9. The van der Waals surface area contributed by atoms with Crippen molar-refractivity contribution in [2.75, 3.05) is 9.80 Å². The molecular weight excluding hydrogens is 917 g/mol. The van der Waals surface area contributed by atoms with Crippen LogP contribution >= 0.6 is 0 Å². The fourth-order valence-corrected chi connectivity index (χ4v) is 8.65. The minimum absolute atomic E-state index is 0.0125. The van der Waals surface area contributed by atoms with E-state index >= 15 is 0 Å². The highest BCUT2D eigenvalue weighted by atomic mass is 19.4. The maximum Gasteiger partial charge on any atom is 0.397 e. The second-order valence-corrected chi connectivity index (χ2v) is 20.4. The van der Waals surface area contributed by atoms with E-state index in [1.165, 1.54) is 97.1 Å². The fraction of sp³-hybridized carbons (Fsp3) is 0.345. The molecule has 1 aliphatic rings. The van der Waals surface area contributed by atoms with E-state index in [1.807, 2.05) is 50.2 Å². The molecule has 1 aliphatic carbocycles. The number of halogens is 12. The molecule has 0 atom stereocenters. The quantitative estimate of drug-likeness (QED) is 0.126. The first-order valence-corrected chi connectivity index (χ1v) is 22.1. The average molecular weight is 969 g/mol. The van der Waals surface area contributed by atoms with Gasteiger partial charge in [0.05, 0.1) is 21.7 Å². The molecule has 0 spiro atoms. The summed E-state index contributed by atoms with van der Waals surface area (Å²) < 4.78 is 169. The van der Waals surface area contributed by atoms with Gasteiger partial charge in [0.15, 0.2) is 0 Å². The maximum atomic E-state index is 14.1. The highest BCUT2D eigenvalue weighted by molar-refractivity contribution is 5.88. The SMILES string of the molecule is CC1(C)c2cc(N(c3ccc(C(C)(C)C(F)(F)F)cc3)c3ccc(C(C)(C)C(F)(F)F)cc3)ccc2-c2ccc(N(c3ccc(C(C)(C)C(F)(F)F)cc3)c3ccc(C(C)(C)C(F)(F)F)cc3)cc21. The predicted molar refractivity (Wildman–Crippen MR) is 250 cm³/mol. The Bertz CT molecular complexity index is 2490. The first-order valence-electron chi connectivity index (χ1n) is 22.1. The van der Waals surface area contributed by atoms with Gasteiger partial charge >= 0.3 is 24.7 Å². The van der Waals surface area contributed by atoms with E-state index < -0.39 is 51.8 Å². The van der Waals surface area contributed by atoms with Crippen molar-refractivity contribution >= 4 is 34.1 Å². The summed E-state index contributed by atoms with van der Waals surface area (Å²) >= 11 is 0. The Hall–Kier alpha value is -5.92. The predicted octanol–water partition coefficient (Wildman–Crippen LogP) is 18.3. The lowest BCUT2D eigenvalue weighted by atomic mass is 9.82. The van der Waals surface area contributed by atoms with Crippen molar-refractivity contribution in [3.63, 3.8) is 0 Å². The highest BCUT2D eigenvalue weighted by Gasteiger charge is 2.51. The Morgan fingerprint density at radius 3 is 0.667 bits per heavy atom. The molecule has 14 heteroatoms. The number of hydrogen-bond acceptors (Lipinski definition) is 2. The average Bonchev–Trinajstić information content (AvgIpc) is 3.47. The summed E-state index contributed by atoms with van der Waals surface area (Å²) in [6, 6.07) is 34.7. The molecule has 0 amide bonds. The zero-order valence-electron chi connectivity index (χ0n) is 39.6. The Morgan fingerprint density at radius 2 is 0.478 bits per heavy atom. The van der Waals surface area contributed by atoms with E-state index in [0.29, 0.717) is 34.1 Å². The zero-order chi connectivity index (χ0) is 51.3. The molecule has 0 saturated carbocycles. The largest absolute Gasteiger partial charge is 0.397 e. The van der Waals surface area contributed by atoms with Crippen LogP contribution in [0.5, 0.6) is 0 Å². The number of benzene rings is 6. The molecule has 0 radical (unpaired) electrons. The number of anilines is 6. The maximum absolute atomic E-state index is 14.1. The van der Waals surface area contributed by atoms with Crippen LogP contribution in [0, 0.1) is 0 Å². The van der Waals surface area contributed by atoms with E-state index in [1.54, 1.807) is 9.80 Å². The Kier molecular flexibility index (Phi) is 12.3. The first-order chi connectivity index (χ1) is 31.5. The van der Waals surface area contributed by atoms with Crippen LogP contribution in [0.2, 0.25) is 0 Å². The van der Waals surface area contributed by atoms with Gasteiger partial charge in [-0.2, -0.15) is 52.7 Å². The normalized spacial score (nSPS) is 14.6. The molecule has 0 aliphatic heterocycles. The molecule has 69 heavy (non-hydrogen) atoms. The second-order valence-electron chi connectivity index (χ2n) is 20.4. The number of fused-ring (bicyclic) bond motifs is 3. The fourth-order valence-electron chi connectivity index (χ4n) is 8.65. The number of hydrogen-bond donors (Lipinski definition) is 0. The molecule has 0 heterocycles. The van der Waals surface area contributed by atoms with E-state index in [2.05, 4.69) is 0 Å². The molecule has 6 aromatic rings. The summed E-state index contributed by atoms with van der Waals surface area (Å²) in [5, 5.41) is 0. The lowest BCUT2D eigenvalue weighted by molar-refractivity contribution is -0.180. The van der Waals surface area contributed by atoms with Crippen LogP contribution in [0.4, 0.5) is 86.8 Å².